The average Bonchev–Trinajstić information content (AvgIpc) is 3.02. The van der Waals surface area contributed by atoms with Gasteiger partial charge in [-0.05, 0) is 89.4 Å². The fourth-order valence-electron chi connectivity index (χ4n) is 5.14. The number of benzene rings is 2. The van der Waals surface area contributed by atoms with Crippen LogP contribution in [-0.4, -0.2) is 97.6 Å². The van der Waals surface area contributed by atoms with Gasteiger partial charge in [0.05, 0.1) is 37.5 Å². The minimum absolute atomic E-state index is 0.0618. The molecule has 0 aromatic heterocycles. The molecule has 254 valence electrons. The molecule has 12 nitrogen and oxygen atoms in total. The number of ether oxygens (including phenoxy) is 3. The highest BCUT2D eigenvalue weighted by molar-refractivity contribution is 5.99. The summed E-state index contributed by atoms with van der Waals surface area (Å²) >= 11 is 0. The van der Waals surface area contributed by atoms with Crippen LogP contribution in [0.3, 0.4) is 0 Å². The Labute approximate surface area is 272 Å². The van der Waals surface area contributed by atoms with E-state index in [1.807, 2.05) is 27.7 Å². The van der Waals surface area contributed by atoms with Crippen LogP contribution < -0.4 is 25.4 Å². The molecule has 0 radical (unpaired) electrons. The van der Waals surface area contributed by atoms with Crippen molar-refractivity contribution in [2.24, 2.45) is 5.92 Å². The number of aliphatic hydroxyl groups is 1. The van der Waals surface area contributed by atoms with E-state index < -0.39 is 12.1 Å². The molecule has 2 aromatic rings. The van der Waals surface area contributed by atoms with Crippen molar-refractivity contribution in [3.63, 3.8) is 0 Å². The maximum atomic E-state index is 14.2. The molecule has 0 saturated carbocycles. The topological polar surface area (TPSA) is 142 Å². The van der Waals surface area contributed by atoms with Gasteiger partial charge in [-0.2, -0.15) is 0 Å². The van der Waals surface area contributed by atoms with Crippen LogP contribution in [-0.2, 0) is 4.74 Å². The molecule has 4 N–H and O–H groups in total. The largest absolute Gasteiger partial charge is 0.497 e. The van der Waals surface area contributed by atoms with E-state index in [0.29, 0.717) is 29.5 Å². The molecular weight excluding hydrogens is 590 g/mol. The van der Waals surface area contributed by atoms with Gasteiger partial charge < -0.3 is 45.1 Å². The summed E-state index contributed by atoms with van der Waals surface area (Å²) in [6.07, 6.45) is 1.83. The Morgan fingerprint density at radius 3 is 2.41 bits per heavy atom. The minimum atomic E-state index is -0.522. The van der Waals surface area contributed by atoms with Crippen molar-refractivity contribution in [2.75, 3.05) is 51.1 Å². The standard InChI is InChI=1S/C34H51N5O7/c1-22(2)35-33(42)36-27-13-16-30-29(18-27)32(41)39(24(4)21-40)19-23(3)31(45-17-9-8-10-25(5)46-30)20-38(6)34(43)37-26-11-14-28(44-7)15-12-26/h11-16,18,22-25,31,40H,8-10,17,19-21H2,1-7H3,(H,37,43)(H2,35,36,42)/t23-,24-,25-,31-/m1/s1. The quantitative estimate of drug-likeness (QED) is 0.311. The predicted octanol–water partition coefficient (Wildman–Crippen LogP) is 5.18. The van der Waals surface area contributed by atoms with Gasteiger partial charge in [-0.25, -0.2) is 9.59 Å². The van der Waals surface area contributed by atoms with Crippen molar-refractivity contribution in [3.8, 4) is 11.5 Å². The Morgan fingerprint density at radius 2 is 1.76 bits per heavy atom. The smallest absolute Gasteiger partial charge is 0.321 e. The molecule has 3 rings (SSSR count). The molecule has 1 heterocycles. The van der Waals surface area contributed by atoms with Crippen LogP contribution in [0.15, 0.2) is 42.5 Å². The number of nitrogens with one attached hydrogen (secondary N) is 3. The average molecular weight is 642 g/mol. The fourth-order valence-corrected chi connectivity index (χ4v) is 5.14. The van der Waals surface area contributed by atoms with Gasteiger partial charge >= 0.3 is 12.1 Å². The Bertz CT molecular complexity index is 1290. The summed E-state index contributed by atoms with van der Waals surface area (Å²) in [6.45, 7) is 10.2. The van der Waals surface area contributed by atoms with E-state index in [1.54, 1.807) is 73.3 Å². The molecule has 0 fully saturated rings. The number of rotatable bonds is 8. The van der Waals surface area contributed by atoms with Crippen molar-refractivity contribution in [1.82, 2.24) is 15.1 Å². The first kappa shape index (κ1) is 36.4. The third kappa shape index (κ3) is 10.8. The first-order chi connectivity index (χ1) is 21.9. The molecule has 0 bridgehead atoms. The Morgan fingerprint density at radius 1 is 1.07 bits per heavy atom. The number of anilines is 2. The molecule has 1 aliphatic heterocycles. The number of hydrogen-bond acceptors (Lipinski definition) is 7. The molecule has 5 amide bonds. The second-order valence-electron chi connectivity index (χ2n) is 12.3. The van der Waals surface area contributed by atoms with Crippen LogP contribution in [0.2, 0.25) is 0 Å². The van der Waals surface area contributed by atoms with Crippen LogP contribution >= 0.6 is 0 Å². The second kappa shape index (κ2) is 17.6. The first-order valence-electron chi connectivity index (χ1n) is 16.0. The molecule has 0 spiro atoms. The van der Waals surface area contributed by atoms with Gasteiger partial charge in [-0.1, -0.05) is 6.92 Å². The normalized spacial score (nSPS) is 20.1. The number of carbonyl (C=O) groups is 3. The summed E-state index contributed by atoms with van der Waals surface area (Å²) in [4.78, 5) is 43.0. The van der Waals surface area contributed by atoms with Crippen LogP contribution in [0.4, 0.5) is 21.0 Å². The van der Waals surface area contributed by atoms with Crippen molar-refractivity contribution in [1.29, 1.82) is 0 Å². The number of methoxy groups -OCH3 is 1. The van der Waals surface area contributed by atoms with E-state index in [1.165, 1.54) is 0 Å². The van der Waals surface area contributed by atoms with Crippen molar-refractivity contribution in [2.45, 2.75) is 78.2 Å². The maximum absolute atomic E-state index is 14.2. The van der Waals surface area contributed by atoms with Gasteiger partial charge in [0.1, 0.15) is 11.5 Å². The molecule has 12 heteroatoms. The van der Waals surface area contributed by atoms with Gasteiger partial charge in [0.2, 0.25) is 0 Å². The van der Waals surface area contributed by atoms with E-state index in [9.17, 15) is 19.5 Å². The molecule has 46 heavy (non-hydrogen) atoms. The lowest BCUT2D eigenvalue weighted by Gasteiger charge is -2.35. The Balaban J connectivity index is 1.87. The fraction of sp³-hybridized carbons (Fsp3) is 0.559. The number of amides is 5. The lowest BCUT2D eigenvalue weighted by Crippen LogP contribution is -2.48. The highest BCUT2D eigenvalue weighted by Crippen LogP contribution is 2.28. The highest BCUT2D eigenvalue weighted by atomic mass is 16.5. The van der Waals surface area contributed by atoms with Crippen molar-refractivity contribution >= 4 is 29.3 Å². The summed E-state index contributed by atoms with van der Waals surface area (Å²) < 4.78 is 17.8. The number of nitrogens with zero attached hydrogens (tertiary/aromatic N) is 2. The summed E-state index contributed by atoms with van der Waals surface area (Å²) in [7, 11) is 3.29. The maximum Gasteiger partial charge on any atom is 0.321 e. The van der Waals surface area contributed by atoms with Crippen molar-refractivity contribution in [3.05, 3.63) is 48.0 Å². The molecule has 0 unspecified atom stereocenters. The first-order valence-corrected chi connectivity index (χ1v) is 16.0. The Hall–Kier alpha value is -4.03. The van der Waals surface area contributed by atoms with Crippen molar-refractivity contribution < 1.29 is 33.7 Å². The second-order valence-corrected chi connectivity index (χ2v) is 12.3. The number of fused-ring (bicyclic) bond motifs is 1. The monoisotopic (exact) mass is 641 g/mol. The lowest BCUT2D eigenvalue weighted by molar-refractivity contribution is -0.0115. The number of hydrogen-bond donors (Lipinski definition) is 4. The number of carbonyl (C=O) groups excluding carboxylic acids is 3. The van der Waals surface area contributed by atoms with Gasteiger partial charge in [-0.3, -0.25) is 4.79 Å². The third-order valence-corrected chi connectivity index (χ3v) is 7.87. The molecule has 0 saturated heterocycles. The van der Waals surface area contributed by atoms with Gasteiger partial charge in [0, 0.05) is 50.1 Å². The summed E-state index contributed by atoms with van der Waals surface area (Å²) in [5.41, 5.74) is 1.36. The number of likely N-dealkylation sites (N-methyl/N-ethyl adjacent to an activating group) is 1. The predicted molar refractivity (Wildman–Crippen MR) is 179 cm³/mol. The van der Waals surface area contributed by atoms with Gasteiger partial charge in [0.25, 0.3) is 5.91 Å². The van der Waals surface area contributed by atoms with Crippen LogP contribution in [0.5, 0.6) is 11.5 Å². The van der Waals surface area contributed by atoms with Crippen LogP contribution in [0, 0.1) is 5.92 Å². The molecule has 2 aromatic carbocycles. The minimum Gasteiger partial charge on any atom is -0.497 e. The van der Waals surface area contributed by atoms with Crippen LogP contribution in [0.1, 0.15) is 64.2 Å². The highest BCUT2D eigenvalue weighted by Gasteiger charge is 2.31. The van der Waals surface area contributed by atoms with E-state index in [2.05, 4.69) is 16.0 Å². The number of urea groups is 2. The zero-order chi connectivity index (χ0) is 33.8. The zero-order valence-electron chi connectivity index (χ0n) is 28.2. The summed E-state index contributed by atoms with van der Waals surface area (Å²) in [6, 6.07) is 10.9. The number of aliphatic hydroxyl groups excluding tert-OH is 1. The molecule has 4 atom stereocenters. The van der Waals surface area contributed by atoms with E-state index >= 15 is 0 Å². The molecule has 0 aliphatic carbocycles. The SMILES string of the molecule is COc1ccc(NC(=O)N(C)C[C@H]2OCCCC[C@@H](C)Oc3ccc(NC(=O)NC(C)C)cc3C(=O)N([C@H](C)CO)C[C@H]2C)cc1. The molecule has 1 aliphatic rings. The lowest BCUT2D eigenvalue weighted by atomic mass is 10.0. The van der Waals surface area contributed by atoms with Gasteiger partial charge in [0.15, 0.2) is 0 Å². The van der Waals surface area contributed by atoms with E-state index in [0.717, 1.165) is 19.3 Å². The van der Waals surface area contributed by atoms with E-state index in [-0.39, 0.29) is 61.3 Å². The summed E-state index contributed by atoms with van der Waals surface area (Å²) in [5, 5.41) is 18.7. The zero-order valence-corrected chi connectivity index (χ0v) is 28.2. The van der Waals surface area contributed by atoms with Gasteiger partial charge in [-0.15, -0.1) is 0 Å². The Kier molecular flexibility index (Phi) is 13.9. The summed E-state index contributed by atoms with van der Waals surface area (Å²) in [5.74, 6) is 0.551. The third-order valence-electron chi connectivity index (χ3n) is 7.87. The van der Waals surface area contributed by atoms with E-state index in [4.69, 9.17) is 14.2 Å². The molecular formula is C34H51N5O7. The van der Waals surface area contributed by atoms with Crippen LogP contribution in [0.25, 0.3) is 0 Å².